The minimum absolute atomic E-state index is 0.288. The molecule has 0 amide bonds. The van der Waals surface area contributed by atoms with Gasteiger partial charge in [0.05, 0.1) is 13.2 Å². The van der Waals surface area contributed by atoms with Gasteiger partial charge in [-0.05, 0) is 5.92 Å². The van der Waals surface area contributed by atoms with Crippen LogP contribution in [-0.2, 0) is 4.74 Å². The predicted octanol–water partition coefficient (Wildman–Crippen LogP) is 1.99. The Bertz CT molecular complexity index is 237. The highest BCUT2D eigenvalue weighted by molar-refractivity contribution is 8.14. The standard InChI is InChI=1S/C10H18F2N2OS/c1-7(2)8-5-14-10(16-8)13-3-4-15-6-9(11)12/h7-9H,3-6H2,1-2H3,(H,13,14). The lowest BCUT2D eigenvalue weighted by molar-refractivity contribution is 0.0197. The molecule has 1 aliphatic heterocycles. The van der Waals surface area contributed by atoms with E-state index in [1.54, 1.807) is 11.8 Å². The van der Waals surface area contributed by atoms with Gasteiger partial charge in [-0.3, -0.25) is 4.99 Å². The smallest absolute Gasteiger partial charge is 0.261 e. The molecule has 0 fully saturated rings. The van der Waals surface area contributed by atoms with Crippen molar-refractivity contribution < 1.29 is 13.5 Å². The molecule has 0 spiro atoms. The van der Waals surface area contributed by atoms with E-state index >= 15 is 0 Å². The molecule has 0 aromatic rings. The highest BCUT2D eigenvalue weighted by Gasteiger charge is 2.21. The van der Waals surface area contributed by atoms with Crippen LogP contribution < -0.4 is 5.32 Å². The Morgan fingerprint density at radius 3 is 2.88 bits per heavy atom. The van der Waals surface area contributed by atoms with Crippen LogP contribution in [0.25, 0.3) is 0 Å². The molecule has 0 saturated carbocycles. The molecule has 1 aliphatic rings. The van der Waals surface area contributed by atoms with Crippen LogP contribution >= 0.6 is 11.8 Å². The van der Waals surface area contributed by atoms with Gasteiger partial charge >= 0.3 is 0 Å². The quantitative estimate of drug-likeness (QED) is 0.734. The van der Waals surface area contributed by atoms with E-state index in [2.05, 4.69) is 24.2 Å². The van der Waals surface area contributed by atoms with Gasteiger partial charge in [0.25, 0.3) is 6.43 Å². The van der Waals surface area contributed by atoms with Crippen LogP contribution in [0.15, 0.2) is 4.99 Å². The number of hydrogen-bond acceptors (Lipinski definition) is 4. The van der Waals surface area contributed by atoms with Crippen LogP contribution in [0.4, 0.5) is 8.78 Å². The number of aliphatic imine (C=N–C) groups is 1. The summed E-state index contributed by atoms with van der Waals surface area (Å²) in [6.45, 7) is 5.50. The van der Waals surface area contributed by atoms with Gasteiger partial charge in [-0.1, -0.05) is 25.6 Å². The Labute approximate surface area is 99.0 Å². The average molecular weight is 252 g/mol. The van der Waals surface area contributed by atoms with Crippen molar-refractivity contribution in [2.24, 2.45) is 10.9 Å². The molecule has 94 valence electrons. The third kappa shape index (κ3) is 5.12. The lowest BCUT2D eigenvalue weighted by atomic mass is 10.1. The van der Waals surface area contributed by atoms with E-state index < -0.39 is 13.0 Å². The van der Waals surface area contributed by atoms with Crippen molar-refractivity contribution in [1.82, 2.24) is 5.32 Å². The molecule has 0 radical (unpaired) electrons. The van der Waals surface area contributed by atoms with Crippen LogP contribution in [0.5, 0.6) is 0 Å². The van der Waals surface area contributed by atoms with E-state index in [0.29, 0.717) is 17.7 Å². The highest BCUT2D eigenvalue weighted by Crippen LogP contribution is 2.25. The Hall–Kier alpha value is -0.360. The molecule has 1 atom stereocenters. The maximum atomic E-state index is 11.7. The molecular formula is C10H18F2N2OS. The second kappa shape index (κ2) is 7.06. The molecular weight excluding hydrogens is 234 g/mol. The largest absolute Gasteiger partial charge is 0.374 e. The normalized spacial score (nSPS) is 20.6. The van der Waals surface area contributed by atoms with Gasteiger partial charge in [0.1, 0.15) is 6.61 Å². The summed E-state index contributed by atoms with van der Waals surface area (Å²) in [4.78, 5) is 4.34. The summed E-state index contributed by atoms with van der Waals surface area (Å²) in [5.41, 5.74) is 0. The fourth-order valence-electron chi connectivity index (χ4n) is 1.24. The van der Waals surface area contributed by atoms with E-state index in [1.807, 2.05) is 0 Å². The molecule has 16 heavy (non-hydrogen) atoms. The van der Waals surface area contributed by atoms with Gasteiger partial charge in [-0.25, -0.2) is 8.78 Å². The number of alkyl halides is 2. The SMILES string of the molecule is CC(C)C1CN=C(NCCOCC(F)F)S1. The predicted molar refractivity (Wildman–Crippen MR) is 63.3 cm³/mol. The number of hydrogen-bond donors (Lipinski definition) is 1. The van der Waals surface area contributed by atoms with Crippen LogP contribution in [0.1, 0.15) is 13.8 Å². The number of rotatable bonds is 6. The number of nitrogens with one attached hydrogen (secondary N) is 1. The summed E-state index contributed by atoms with van der Waals surface area (Å²) in [6, 6.07) is 0. The number of ether oxygens (including phenoxy) is 1. The first kappa shape index (κ1) is 13.7. The van der Waals surface area contributed by atoms with Gasteiger partial charge in [-0.2, -0.15) is 0 Å². The van der Waals surface area contributed by atoms with E-state index in [-0.39, 0.29) is 6.61 Å². The van der Waals surface area contributed by atoms with Crippen molar-refractivity contribution in [2.45, 2.75) is 25.5 Å². The van der Waals surface area contributed by atoms with Crippen molar-refractivity contribution in [3.05, 3.63) is 0 Å². The summed E-state index contributed by atoms with van der Waals surface area (Å²) >= 11 is 1.72. The molecule has 0 aromatic carbocycles. The third-order valence-corrected chi connectivity index (χ3v) is 3.68. The van der Waals surface area contributed by atoms with Gasteiger partial charge in [-0.15, -0.1) is 0 Å². The summed E-state index contributed by atoms with van der Waals surface area (Å²) in [5.74, 6) is 0.600. The molecule has 1 unspecified atom stereocenters. The van der Waals surface area contributed by atoms with Crippen molar-refractivity contribution in [2.75, 3.05) is 26.3 Å². The van der Waals surface area contributed by atoms with Gasteiger partial charge in [0.15, 0.2) is 5.17 Å². The molecule has 3 nitrogen and oxygen atoms in total. The molecule has 0 saturated heterocycles. The second-order valence-corrected chi connectivity index (χ2v) is 5.17. The summed E-state index contributed by atoms with van der Waals surface area (Å²) < 4.78 is 28.2. The van der Waals surface area contributed by atoms with Gasteiger partial charge in [0.2, 0.25) is 0 Å². The molecule has 1 heterocycles. The average Bonchev–Trinajstić information content (AvgIpc) is 2.65. The van der Waals surface area contributed by atoms with Gasteiger partial charge < -0.3 is 10.1 Å². The molecule has 0 aromatic heterocycles. The van der Waals surface area contributed by atoms with Crippen molar-refractivity contribution in [1.29, 1.82) is 0 Å². The number of halogens is 2. The van der Waals surface area contributed by atoms with Crippen LogP contribution in [0.3, 0.4) is 0 Å². The van der Waals surface area contributed by atoms with Crippen LogP contribution in [-0.4, -0.2) is 43.1 Å². The van der Waals surface area contributed by atoms with Crippen molar-refractivity contribution in [3.63, 3.8) is 0 Å². The zero-order chi connectivity index (χ0) is 12.0. The van der Waals surface area contributed by atoms with E-state index in [0.717, 1.165) is 11.7 Å². The van der Waals surface area contributed by atoms with Crippen LogP contribution in [0, 0.1) is 5.92 Å². The van der Waals surface area contributed by atoms with Gasteiger partial charge in [0, 0.05) is 11.8 Å². The zero-order valence-corrected chi connectivity index (χ0v) is 10.4. The van der Waals surface area contributed by atoms with Crippen molar-refractivity contribution >= 4 is 16.9 Å². The maximum Gasteiger partial charge on any atom is 0.261 e. The summed E-state index contributed by atoms with van der Waals surface area (Å²) in [6.07, 6.45) is -2.39. The monoisotopic (exact) mass is 252 g/mol. The lowest BCUT2D eigenvalue weighted by Crippen LogP contribution is -2.25. The Balaban J connectivity index is 2.02. The van der Waals surface area contributed by atoms with E-state index in [1.165, 1.54) is 0 Å². The molecule has 6 heteroatoms. The molecule has 0 bridgehead atoms. The second-order valence-electron chi connectivity index (χ2n) is 3.94. The Morgan fingerprint density at radius 2 is 2.31 bits per heavy atom. The summed E-state index contributed by atoms with van der Waals surface area (Å²) in [7, 11) is 0. The highest BCUT2D eigenvalue weighted by atomic mass is 32.2. The minimum atomic E-state index is -2.39. The van der Waals surface area contributed by atoms with E-state index in [4.69, 9.17) is 4.74 Å². The first-order chi connectivity index (χ1) is 7.59. The number of nitrogens with zero attached hydrogens (tertiary/aromatic N) is 1. The fourth-order valence-corrected chi connectivity index (χ4v) is 2.28. The Kier molecular flexibility index (Phi) is 6.05. The lowest BCUT2D eigenvalue weighted by Gasteiger charge is -2.12. The minimum Gasteiger partial charge on any atom is -0.374 e. The number of thioether (sulfide) groups is 1. The first-order valence-corrected chi connectivity index (χ1v) is 6.28. The molecule has 1 rings (SSSR count). The third-order valence-electron chi connectivity index (χ3n) is 2.19. The first-order valence-electron chi connectivity index (χ1n) is 5.40. The van der Waals surface area contributed by atoms with E-state index in [9.17, 15) is 8.78 Å². The number of amidine groups is 1. The zero-order valence-electron chi connectivity index (χ0n) is 9.58. The molecule has 0 aliphatic carbocycles. The Morgan fingerprint density at radius 1 is 1.56 bits per heavy atom. The molecule has 1 N–H and O–H groups in total. The van der Waals surface area contributed by atoms with Crippen LogP contribution in [0.2, 0.25) is 0 Å². The maximum absolute atomic E-state index is 11.7. The van der Waals surface area contributed by atoms with Crippen molar-refractivity contribution in [3.8, 4) is 0 Å². The topological polar surface area (TPSA) is 33.6 Å². The fraction of sp³-hybridized carbons (Fsp3) is 0.900. The summed E-state index contributed by atoms with van der Waals surface area (Å²) in [5, 5.41) is 4.52.